The second-order valence-electron chi connectivity index (χ2n) is 5.90. The predicted molar refractivity (Wildman–Crippen MR) is 81.2 cm³/mol. The van der Waals surface area contributed by atoms with Crippen LogP contribution in [0.2, 0.25) is 0 Å². The molecule has 0 unspecified atom stereocenters. The molecule has 3 rings (SSSR count). The zero-order chi connectivity index (χ0) is 14.8. The van der Waals surface area contributed by atoms with E-state index >= 15 is 0 Å². The Labute approximate surface area is 124 Å². The third kappa shape index (κ3) is 2.95. The fourth-order valence-corrected chi connectivity index (χ4v) is 3.23. The van der Waals surface area contributed by atoms with Crippen molar-refractivity contribution in [1.82, 2.24) is 5.32 Å². The summed E-state index contributed by atoms with van der Waals surface area (Å²) in [6.45, 7) is 2.78. The lowest BCUT2D eigenvalue weighted by Gasteiger charge is -2.26. The van der Waals surface area contributed by atoms with E-state index in [0.29, 0.717) is 6.04 Å². The first-order chi connectivity index (χ1) is 10.1. The summed E-state index contributed by atoms with van der Waals surface area (Å²) in [5.41, 5.74) is 2.15. The van der Waals surface area contributed by atoms with Crippen molar-refractivity contribution in [2.75, 3.05) is 0 Å². The highest BCUT2D eigenvalue weighted by molar-refractivity contribution is 5.82. The van der Waals surface area contributed by atoms with Gasteiger partial charge in [-0.2, -0.15) is 0 Å². The molecule has 1 aromatic carbocycles. The summed E-state index contributed by atoms with van der Waals surface area (Å²) in [5, 5.41) is 13.8. The monoisotopic (exact) mass is 287 g/mol. The van der Waals surface area contributed by atoms with Crippen LogP contribution in [0, 0.1) is 12.8 Å². The maximum Gasteiger partial charge on any atom is 0.306 e. The second kappa shape index (κ2) is 5.90. The van der Waals surface area contributed by atoms with Gasteiger partial charge in [0.2, 0.25) is 0 Å². The number of hydrogen-bond donors (Lipinski definition) is 2. The molecule has 1 saturated carbocycles. The molecule has 0 aliphatic heterocycles. The van der Waals surface area contributed by atoms with E-state index in [-0.39, 0.29) is 5.92 Å². The molecular weight excluding hydrogens is 266 g/mol. The molecule has 0 amide bonds. The lowest BCUT2D eigenvalue weighted by Crippen LogP contribution is -2.34. The quantitative estimate of drug-likeness (QED) is 0.903. The number of benzene rings is 1. The summed E-state index contributed by atoms with van der Waals surface area (Å²) in [4.78, 5) is 11.0. The maximum absolute atomic E-state index is 11.0. The van der Waals surface area contributed by atoms with Gasteiger partial charge in [0.25, 0.3) is 0 Å². The lowest BCUT2D eigenvalue weighted by molar-refractivity contribution is -0.142. The van der Waals surface area contributed by atoms with Crippen LogP contribution in [0.1, 0.15) is 37.0 Å². The summed E-state index contributed by atoms with van der Waals surface area (Å²) in [5.74, 6) is 0.160. The number of nitrogens with one attached hydrogen (secondary N) is 1. The number of fused-ring (bicyclic) bond motifs is 1. The van der Waals surface area contributed by atoms with Crippen LogP contribution in [-0.2, 0) is 11.3 Å². The number of carbonyl (C=O) groups is 1. The van der Waals surface area contributed by atoms with Crippen LogP contribution in [0.4, 0.5) is 0 Å². The molecule has 1 aliphatic carbocycles. The van der Waals surface area contributed by atoms with Crippen LogP contribution in [0.5, 0.6) is 0 Å². The molecule has 1 aliphatic rings. The fraction of sp³-hybridized carbons (Fsp3) is 0.471. The Balaban J connectivity index is 1.62. The molecule has 1 fully saturated rings. The Bertz CT molecular complexity index is 639. The second-order valence-corrected chi connectivity index (χ2v) is 5.90. The first-order valence-electron chi connectivity index (χ1n) is 7.58. The molecule has 0 bridgehead atoms. The highest BCUT2D eigenvalue weighted by Gasteiger charge is 2.25. The van der Waals surface area contributed by atoms with E-state index in [0.717, 1.165) is 43.6 Å². The van der Waals surface area contributed by atoms with Crippen molar-refractivity contribution in [2.24, 2.45) is 5.92 Å². The minimum atomic E-state index is -0.648. The molecule has 0 saturated heterocycles. The molecule has 2 N–H and O–H groups in total. The van der Waals surface area contributed by atoms with E-state index < -0.39 is 5.97 Å². The molecule has 0 atom stereocenters. The van der Waals surface area contributed by atoms with Crippen LogP contribution in [-0.4, -0.2) is 17.1 Å². The molecule has 0 spiro atoms. The number of rotatable bonds is 4. The summed E-state index contributed by atoms with van der Waals surface area (Å²) in [7, 11) is 0. The average Bonchev–Trinajstić information content (AvgIpc) is 2.81. The molecule has 112 valence electrons. The van der Waals surface area contributed by atoms with E-state index in [1.165, 1.54) is 10.9 Å². The molecule has 1 heterocycles. The number of carboxylic acid groups (broad SMARTS) is 1. The SMILES string of the molecule is Cc1oc2ccccc2c1CNC1CCC(C(=O)O)CC1. The Morgan fingerprint density at radius 3 is 2.71 bits per heavy atom. The Morgan fingerprint density at radius 1 is 1.29 bits per heavy atom. The van der Waals surface area contributed by atoms with Crippen molar-refractivity contribution in [3.8, 4) is 0 Å². The first-order valence-corrected chi connectivity index (χ1v) is 7.58. The Morgan fingerprint density at radius 2 is 2.00 bits per heavy atom. The van der Waals surface area contributed by atoms with Gasteiger partial charge >= 0.3 is 5.97 Å². The number of para-hydroxylation sites is 1. The van der Waals surface area contributed by atoms with Crippen LogP contribution in [0.15, 0.2) is 28.7 Å². The lowest BCUT2D eigenvalue weighted by atomic mass is 9.86. The van der Waals surface area contributed by atoms with E-state index in [1.807, 2.05) is 25.1 Å². The average molecular weight is 287 g/mol. The molecule has 4 nitrogen and oxygen atoms in total. The van der Waals surface area contributed by atoms with Crippen LogP contribution < -0.4 is 5.32 Å². The zero-order valence-electron chi connectivity index (χ0n) is 12.3. The standard InChI is InChI=1S/C17H21NO3/c1-11-15(14-4-2-3-5-16(14)21-11)10-18-13-8-6-12(7-9-13)17(19)20/h2-5,12-13,18H,6-10H2,1H3,(H,19,20). The van der Waals surface area contributed by atoms with Gasteiger partial charge in [-0.25, -0.2) is 0 Å². The van der Waals surface area contributed by atoms with Gasteiger partial charge in [-0.1, -0.05) is 18.2 Å². The predicted octanol–water partition coefficient (Wildman–Crippen LogP) is 3.47. The number of aliphatic carboxylic acids is 1. The van der Waals surface area contributed by atoms with Crippen molar-refractivity contribution in [3.05, 3.63) is 35.6 Å². The number of furan rings is 1. The van der Waals surface area contributed by atoms with E-state index in [9.17, 15) is 4.79 Å². The summed E-state index contributed by atoms with van der Waals surface area (Å²) in [6.07, 6.45) is 3.42. The minimum Gasteiger partial charge on any atom is -0.481 e. The largest absolute Gasteiger partial charge is 0.481 e. The summed E-state index contributed by atoms with van der Waals surface area (Å²) < 4.78 is 5.77. The summed E-state index contributed by atoms with van der Waals surface area (Å²) >= 11 is 0. The van der Waals surface area contributed by atoms with Gasteiger partial charge in [-0.15, -0.1) is 0 Å². The van der Waals surface area contributed by atoms with Crippen molar-refractivity contribution in [1.29, 1.82) is 0 Å². The smallest absolute Gasteiger partial charge is 0.306 e. The highest BCUT2D eigenvalue weighted by atomic mass is 16.4. The Kier molecular flexibility index (Phi) is 3.97. The van der Waals surface area contributed by atoms with E-state index in [1.54, 1.807) is 0 Å². The normalized spacial score (nSPS) is 22.5. The third-order valence-corrected chi connectivity index (χ3v) is 4.54. The van der Waals surface area contributed by atoms with Crippen molar-refractivity contribution in [3.63, 3.8) is 0 Å². The van der Waals surface area contributed by atoms with Crippen LogP contribution in [0.25, 0.3) is 11.0 Å². The molecule has 4 heteroatoms. The van der Waals surface area contributed by atoms with E-state index in [2.05, 4.69) is 11.4 Å². The molecular formula is C17H21NO3. The molecule has 2 aromatic rings. The van der Waals surface area contributed by atoms with Crippen LogP contribution >= 0.6 is 0 Å². The van der Waals surface area contributed by atoms with Gasteiger partial charge in [0.15, 0.2) is 0 Å². The number of carboxylic acids is 1. The van der Waals surface area contributed by atoms with Gasteiger partial charge < -0.3 is 14.8 Å². The van der Waals surface area contributed by atoms with Gasteiger partial charge in [0.1, 0.15) is 11.3 Å². The molecule has 0 radical (unpaired) electrons. The topological polar surface area (TPSA) is 62.5 Å². The maximum atomic E-state index is 11.0. The molecule has 21 heavy (non-hydrogen) atoms. The van der Waals surface area contributed by atoms with Crippen molar-refractivity contribution in [2.45, 2.75) is 45.2 Å². The van der Waals surface area contributed by atoms with E-state index in [4.69, 9.17) is 9.52 Å². The summed E-state index contributed by atoms with van der Waals surface area (Å²) in [6, 6.07) is 8.50. The first kappa shape index (κ1) is 14.1. The van der Waals surface area contributed by atoms with Gasteiger partial charge in [0, 0.05) is 23.5 Å². The Hall–Kier alpha value is -1.81. The molecule has 1 aromatic heterocycles. The van der Waals surface area contributed by atoms with Gasteiger partial charge in [-0.05, 0) is 38.7 Å². The van der Waals surface area contributed by atoms with Crippen molar-refractivity contribution < 1.29 is 14.3 Å². The highest BCUT2D eigenvalue weighted by Crippen LogP contribution is 2.27. The van der Waals surface area contributed by atoms with Crippen LogP contribution in [0.3, 0.4) is 0 Å². The number of hydrogen-bond acceptors (Lipinski definition) is 3. The van der Waals surface area contributed by atoms with Gasteiger partial charge in [-0.3, -0.25) is 4.79 Å². The minimum absolute atomic E-state index is 0.153. The fourth-order valence-electron chi connectivity index (χ4n) is 3.23. The third-order valence-electron chi connectivity index (χ3n) is 4.54. The van der Waals surface area contributed by atoms with Crippen molar-refractivity contribution >= 4 is 16.9 Å². The zero-order valence-corrected chi connectivity index (χ0v) is 12.3. The number of aryl methyl sites for hydroxylation is 1. The van der Waals surface area contributed by atoms with Gasteiger partial charge in [0.05, 0.1) is 5.92 Å².